The van der Waals surface area contributed by atoms with Gasteiger partial charge in [-0.05, 0) is 49.2 Å². The van der Waals surface area contributed by atoms with E-state index in [0.717, 1.165) is 10.7 Å². The summed E-state index contributed by atoms with van der Waals surface area (Å²) < 4.78 is 42.5. The Kier molecular flexibility index (Phi) is 6.27. The summed E-state index contributed by atoms with van der Waals surface area (Å²) in [5.74, 6) is -4.90. The van der Waals surface area contributed by atoms with E-state index in [0.29, 0.717) is 10.6 Å². The number of amides is 1. The molecule has 6 nitrogen and oxygen atoms in total. The average Bonchev–Trinajstić information content (AvgIpc) is 2.77. The van der Waals surface area contributed by atoms with Crippen LogP contribution in [0.2, 0.25) is 5.02 Å². The van der Waals surface area contributed by atoms with Crippen molar-refractivity contribution in [1.29, 1.82) is 0 Å². The van der Waals surface area contributed by atoms with E-state index in [4.69, 9.17) is 11.6 Å². The van der Waals surface area contributed by atoms with Crippen molar-refractivity contribution < 1.29 is 23.1 Å². The standard InChI is InChI=1S/C23H19ClF3N3O3/c24-14-8-6-13(7-9-14)19-12-17(21(32)28-18-5-2-10-23(26,27)20(18)31)22(33)30(29-19)16-4-1-3-15(25)11-16/h1,3-4,6-9,11-12,18,20,31H,2,5,10H2,(H,28,32). The monoisotopic (exact) mass is 477 g/mol. The fourth-order valence-electron chi connectivity index (χ4n) is 3.76. The summed E-state index contributed by atoms with van der Waals surface area (Å²) >= 11 is 5.93. The predicted molar refractivity (Wildman–Crippen MR) is 116 cm³/mol. The van der Waals surface area contributed by atoms with Gasteiger partial charge in [0.15, 0.2) is 0 Å². The van der Waals surface area contributed by atoms with Gasteiger partial charge >= 0.3 is 0 Å². The number of carbonyl (C=O) groups is 1. The van der Waals surface area contributed by atoms with Crippen LogP contribution >= 0.6 is 11.6 Å². The highest BCUT2D eigenvalue weighted by molar-refractivity contribution is 6.30. The first-order valence-electron chi connectivity index (χ1n) is 10.2. The van der Waals surface area contributed by atoms with E-state index >= 15 is 0 Å². The number of benzene rings is 2. The van der Waals surface area contributed by atoms with Gasteiger partial charge in [-0.3, -0.25) is 9.59 Å². The van der Waals surface area contributed by atoms with Crippen molar-refractivity contribution in [3.05, 3.63) is 81.4 Å². The van der Waals surface area contributed by atoms with Gasteiger partial charge in [0.05, 0.1) is 17.4 Å². The first kappa shape index (κ1) is 23.0. The molecule has 2 aromatic carbocycles. The maximum atomic E-state index is 13.9. The van der Waals surface area contributed by atoms with Gasteiger partial charge in [0.1, 0.15) is 17.5 Å². The zero-order chi connectivity index (χ0) is 23.8. The van der Waals surface area contributed by atoms with Crippen molar-refractivity contribution in [1.82, 2.24) is 15.1 Å². The summed E-state index contributed by atoms with van der Waals surface area (Å²) in [6.07, 6.45) is -2.31. The molecular formula is C23H19ClF3N3O3. The number of aliphatic hydroxyl groups excluding tert-OH is 1. The number of carbonyl (C=O) groups excluding carboxylic acids is 1. The number of hydrogen-bond acceptors (Lipinski definition) is 4. The Balaban J connectivity index is 1.78. The lowest BCUT2D eigenvalue weighted by Gasteiger charge is -2.34. The van der Waals surface area contributed by atoms with Crippen molar-refractivity contribution >= 4 is 17.5 Å². The Labute approximate surface area is 191 Å². The number of rotatable bonds is 4. The van der Waals surface area contributed by atoms with Crippen molar-refractivity contribution in [3.63, 3.8) is 0 Å². The molecule has 0 bridgehead atoms. The largest absolute Gasteiger partial charge is 0.385 e. The van der Waals surface area contributed by atoms with Crippen molar-refractivity contribution in [3.8, 4) is 16.9 Å². The molecule has 172 valence electrons. The molecule has 2 N–H and O–H groups in total. The molecule has 1 aliphatic rings. The molecule has 1 aliphatic carbocycles. The van der Waals surface area contributed by atoms with E-state index in [2.05, 4.69) is 10.4 Å². The van der Waals surface area contributed by atoms with Crippen LogP contribution in [0.3, 0.4) is 0 Å². The van der Waals surface area contributed by atoms with Gasteiger partial charge in [-0.2, -0.15) is 9.78 Å². The molecule has 33 heavy (non-hydrogen) atoms. The number of halogens is 4. The lowest BCUT2D eigenvalue weighted by Crippen LogP contribution is -2.54. The van der Waals surface area contributed by atoms with Gasteiger partial charge in [0, 0.05) is 17.0 Å². The highest BCUT2D eigenvalue weighted by Gasteiger charge is 2.46. The van der Waals surface area contributed by atoms with E-state index in [1.165, 1.54) is 24.3 Å². The Morgan fingerprint density at radius 2 is 1.91 bits per heavy atom. The SMILES string of the molecule is O=C(NC1CCCC(F)(F)C1O)c1cc(-c2ccc(Cl)cc2)nn(-c2cccc(F)c2)c1=O. The molecule has 0 aliphatic heterocycles. The highest BCUT2D eigenvalue weighted by atomic mass is 35.5. The molecule has 10 heteroatoms. The van der Waals surface area contributed by atoms with Crippen LogP contribution < -0.4 is 10.9 Å². The fourth-order valence-corrected chi connectivity index (χ4v) is 3.88. The lowest BCUT2D eigenvalue weighted by molar-refractivity contribution is -0.141. The summed E-state index contributed by atoms with van der Waals surface area (Å²) in [4.78, 5) is 26.1. The van der Waals surface area contributed by atoms with Crippen LogP contribution in [-0.2, 0) is 0 Å². The molecule has 3 aromatic rings. The van der Waals surface area contributed by atoms with E-state index in [-0.39, 0.29) is 29.8 Å². The fraction of sp³-hybridized carbons (Fsp3) is 0.261. The number of nitrogens with zero attached hydrogens (tertiary/aromatic N) is 2. The second-order valence-corrected chi connectivity index (χ2v) is 8.26. The summed E-state index contributed by atoms with van der Waals surface area (Å²) in [5.41, 5.74) is -0.458. The number of aliphatic hydroxyl groups is 1. The quantitative estimate of drug-likeness (QED) is 0.595. The Morgan fingerprint density at radius 1 is 1.18 bits per heavy atom. The smallest absolute Gasteiger partial charge is 0.284 e. The first-order chi connectivity index (χ1) is 15.7. The zero-order valence-electron chi connectivity index (χ0n) is 17.1. The molecule has 2 atom stereocenters. The van der Waals surface area contributed by atoms with Crippen LogP contribution in [0, 0.1) is 5.82 Å². The minimum Gasteiger partial charge on any atom is -0.385 e. The van der Waals surface area contributed by atoms with Crippen molar-refractivity contribution in [2.45, 2.75) is 37.3 Å². The molecule has 1 amide bonds. The predicted octanol–water partition coefficient (Wildman–Crippen LogP) is 3.97. The summed E-state index contributed by atoms with van der Waals surface area (Å²) in [7, 11) is 0. The highest BCUT2D eigenvalue weighted by Crippen LogP contribution is 2.33. The Bertz CT molecular complexity index is 1250. The molecule has 0 radical (unpaired) electrons. The minimum absolute atomic E-state index is 0.0779. The maximum Gasteiger partial charge on any atom is 0.284 e. The molecule has 4 rings (SSSR count). The average molecular weight is 478 g/mol. The lowest BCUT2D eigenvalue weighted by atomic mass is 9.89. The molecule has 0 saturated heterocycles. The summed E-state index contributed by atoms with van der Waals surface area (Å²) in [5, 5.41) is 17.0. The molecule has 0 spiro atoms. The zero-order valence-corrected chi connectivity index (χ0v) is 17.9. The van der Waals surface area contributed by atoms with E-state index in [9.17, 15) is 27.9 Å². The van der Waals surface area contributed by atoms with Crippen LogP contribution in [0.25, 0.3) is 16.9 Å². The number of aromatic nitrogens is 2. The topological polar surface area (TPSA) is 84.2 Å². The first-order valence-corrected chi connectivity index (χ1v) is 10.6. The summed E-state index contributed by atoms with van der Waals surface area (Å²) in [6.45, 7) is 0. The van der Waals surface area contributed by atoms with Gasteiger partial charge in [0.25, 0.3) is 17.4 Å². The van der Waals surface area contributed by atoms with Crippen LogP contribution in [0.5, 0.6) is 0 Å². The minimum atomic E-state index is -3.34. The number of hydrogen-bond donors (Lipinski definition) is 2. The van der Waals surface area contributed by atoms with Gasteiger partial charge in [-0.1, -0.05) is 29.8 Å². The van der Waals surface area contributed by atoms with Gasteiger partial charge in [-0.25, -0.2) is 13.2 Å². The Hall–Kier alpha value is -3.17. The number of nitrogens with one attached hydrogen (secondary N) is 1. The van der Waals surface area contributed by atoms with Crippen LogP contribution in [-0.4, -0.2) is 38.9 Å². The molecule has 1 saturated carbocycles. The van der Waals surface area contributed by atoms with E-state index in [1.807, 2.05) is 0 Å². The number of alkyl halides is 2. The van der Waals surface area contributed by atoms with Crippen LogP contribution in [0.1, 0.15) is 29.6 Å². The summed E-state index contributed by atoms with van der Waals surface area (Å²) in [6, 6.07) is 11.5. The van der Waals surface area contributed by atoms with Crippen molar-refractivity contribution in [2.75, 3.05) is 0 Å². The maximum absolute atomic E-state index is 13.9. The molecule has 1 fully saturated rings. The van der Waals surface area contributed by atoms with E-state index in [1.54, 1.807) is 24.3 Å². The van der Waals surface area contributed by atoms with Crippen molar-refractivity contribution in [2.24, 2.45) is 0 Å². The van der Waals surface area contributed by atoms with Gasteiger partial charge in [-0.15, -0.1) is 0 Å². The molecule has 1 heterocycles. The second-order valence-electron chi connectivity index (χ2n) is 7.83. The van der Waals surface area contributed by atoms with Gasteiger partial charge < -0.3 is 10.4 Å². The molecule has 2 unspecified atom stereocenters. The third kappa shape index (κ3) is 4.79. The Morgan fingerprint density at radius 3 is 2.61 bits per heavy atom. The molecule has 1 aromatic heterocycles. The second kappa shape index (κ2) is 8.99. The normalized spacial score (nSPS) is 19.8. The van der Waals surface area contributed by atoms with E-state index < -0.39 is 41.8 Å². The van der Waals surface area contributed by atoms with Gasteiger partial charge in [0.2, 0.25) is 0 Å². The molecular weight excluding hydrogens is 459 g/mol. The van der Waals surface area contributed by atoms with Crippen LogP contribution in [0.15, 0.2) is 59.4 Å². The third-order valence-corrected chi connectivity index (χ3v) is 5.76. The third-order valence-electron chi connectivity index (χ3n) is 5.50. The van der Waals surface area contributed by atoms with Crippen LogP contribution in [0.4, 0.5) is 13.2 Å².